The lowest BCUT2D eigenvalue weighted by Gasteiger charge is -2.06. The molecule has 0 saturated carbocycles. The molecule has 0 bridgehead atoms. The maximum Gasteiger partial charge on any atom is 0.416 e. The number of halogens is 3. The summed E-state index contributed by atoms with van der Waals surface area (Å²) in [5, 5.41) is 8.38. The van der Waals surface area contributed by atoms with Gasteiger partial charge in [0.1, 0.15) is 0 Å². The highest BCUT2D eigenvalue weighted by Crippen LogP contribution is 2.32. The fourth-order valence-electron chi connectivity index (χ4n) is 2.33. The van der Waals surface area contributed by atoms with Crippen molar-refractivity contribution in [2.24, 2.45) is 0 Å². The topological polar surface area (TPSA) is 51.8 Å². The molecule has 0 amide bonds. The molecule has 0 aliphatic heterocycles. The lowest BCUT2D eigenvalue weighted by molar-refractivity contribution is -0.137. The van der Waals surface area contributed by atoms with E-state index in [1.165, 1.54) is 35.7 Å². The third kappa shape index (κ3) is 4.68. The first-order chi connectivity index (χ1) is 13.5. The second kappa shape index (κ2) is 8.14. The Bertz CT molecular complexity index is 1040. The molecule has 4 nitrogen and oxygen atoms in total. The average molecular weight is 440 g/mol. The maximum atomic E-state index is 12.6. The zero-order valence-corrected chi connectivity index (χ0v) is 16.6. The number of alkyl halides is 3. The van der Waals surface area contributed by atoms with Crippen molar-refractivity contribution in [1.29, 1.82) is 0 Å². The van der Waals surface area contributed by atoms with Crippen molar-refractivity contribution in [3.05, 3.63) is 65.5 Å². The Morgan fingerprint density at radius 3 is 2.46 bits per heavy atom. The minimum atomic E-state index is -4.33. The average Bonchev–Trinajstić information content (AvgIpc) is 3.30. The first kappa shape index (κ1) is 19.3. The van der Waals surface area contributed by atoms with Gasteiger partial charge in [-0.1, -0.05) is 47.8 Å². The number of aromatic nitrogens is 3. The zero-order chi connectivity index (χ0) is 19.6. The van der Waals surface area contributed by atoms with Gasteiger partial charge in [-0.2, -0.15) is 13.2 Å². The number of rotatable bonds is 6. The Kier molecular flexibility index (Phi) is 5.61. The Morgan fingerprint density at radius 2 is 1.71 bits per heavy atom. The van der Waals surface area contributed by atoms with Crippen LogP contribution in [0, 0.1) is 0 Å². The predicted octanol–water partition coefficient (Wildman–Crippen LogP) is 6.28. The molecule has 0 saturated heterocycles. The Labute approximate surface area is 170 Å². The summed E-state index contributed by atoms with van der Waals surface area (Å²) in [6, 6.07) is 13.0. The Hall–Kier alpha value is -2.04. The third-order valence-electron chi connectivity index (χ3n) is 3.69. The standard InChI is InChI=1S/C18H12F3N3OS3/c19-18(20,21)12-7-5-11(6-8-12)9-26-16-24-23-15(25-16)10-27-17-22-13-3-1-2-4-14(13)28-17/h1-8H,9-10H2. The van der Waals surface area contributed by atoms with Crippen LogP contribution in [0.3, 0.4) is 0 Å². The minimum Gasteiger partial charge on any atom is -0.415 e. The second-order valence-electron chi connectivity index (χ2n) is 5.68. The molecule has 2 heterocycles. The highest BCUT2D eigenvalue weighted by Gasteiger charge is 2.29. The van der Waals surface area contributed by atoms with E-state index in [0.717, 1.165) is 32.3 Å². The number of para-hydroxylation sites is 1. The molecule has 0 fully saturated rings. The number of hydrogen-bond donors (Lipinski definition) is 0. The SMILES string of the molecule is FC(F)(F)c1ccc(CSc2nnc(CSc3nc4ccccc4s3)o2)cc1. The number of thioether (sulfide) groups is 2. The van der Waals surface area contributed by atoms with Crippen LogP contribution in [0.25, 0.3) is 10.2 Å². The Morgan fingerprint density at radius 1 is 0.929 bits per heavy atom. The lowest BCUT2D eigenvalue weighted by Crippen LogP contribution is -2.04. The van der Waals surface area contributed by atoms with E-state index in [1.807, 2.05) is 24.3 Å². The Balaban J connectivity index is 1.31. The molecule has 2 aromatic heterocycles. The molecule has 0 radical (unpaired) electrons. The van der Waals surface area contributed by atoms with Gasteiger partial charge < -0.3 is 4.42 Å². The van der Waals surface area contributed by atoms with Crippen molar-refractivity contribution >= 4 is 45.1 Å². The molecule has 0 aliphatic rings. The van der Waals surface area contributed by atoms with Crippen LogP contribution in [0.1, 0.15) is 17.0 Å². The maximum absolute atomic E-state index is 12.6. The van der Waals surface area contributed by atoms with Crippen LogP contribution in [-0.2, 0) is 17.7 Å². The summed E-state index contributed by atoms with van der Waals surface area (Å²) < 4.78 is 45.4. The normalized spacial score (nSPS) is 12.0. The molecule has 4 aromatic rings. The van der Waals surface area contributed by atoms with Crippen molar-refractivity contribution in [1.82, 2.24) is 15.2 Å². The van der Waals surface area contributed by atoms with E-state index < -0.39 is 11.7 Å². The summed E-state index contributed by atoms with van der Waals surface area (Å²) in [5.74, 6) is 1.44. The van der Waals surface area contributed by atoms with E-state index in [4.69, 9.17) is 4.42 Å². The van der Waals surface area contributed by atoms with Crippen molar-refractivity contribution in [3.8, 4) is 0 Å². The van der Waals surface area contributed by atoms with Crippen molar-refractivity contribution in [2.45, 2.75) is 27.2 Å². The number of thiazole rings is 1. The van der Waals surface area contributed by atoms with Crippen LogP contribution < -0.4 is 0 Å². The van der Waals surface area contributed by atoms with Gasteiger partial charge in [0, 0.05) is 5.75 Å². The molecular weight excluding hydrogens is 427 g/mol. The number of nitrogens with zero attached hydrogens (tertiary/aromatic N) is 3. The van der Waals surface area contributed by atoms with Crippen LogP contribution in [0.4, 0.5) is 13.2 Å². The highest BCUT2D eigenvalue weighted by atomic mass is 32.2. The summed E-state index contributed by atoms with van der Waals surface area (Å²) in [6.07, 6.45) is -4.33. The number of hydrogen-bond acceptors (Lipinski definition) is 7. The van der Waals surface area contributed by atoms with Crippen molar-refractivity contribution < 1.29 is 17.6 Å². The molecule has 0 unspecified atom stereocenters. The predicted molar refractivity (Wildman–Crippen MR) is 104 cm³/mol. The molecule has 10 heteroatoms. The largest absolute Gasteiger partial charge is 0.416 e. The summed E-state index contributed by atoms with van der Waals surface area (Å²) in [5.41, 5.74) is 1.06. The van der Waals surface area contributed by atoms with Crippen molar-refractivity contribution in [2.75, 3.05) is 0 Å². The first-order valence-electron chi connectivity index (χ1n) is 8.07. The molecule has 0 spiro atoms. The van der Waals surface area contributed by atoms with Crippen molar-refractivity contribution in [3.63, 3.8) is 0 Å². The van der Waals surface area contributed by atoms with E-state index in [2.05, 4.69) is 15.2 Å². The van der Waals surface area contributed by atoms with E-state index in [9.17, 15) is 13.2 Å². The molecule has 0 atom stereocenters. The van der Waals surface area contributed by atoms with E-state index in [-0.39, 0.29) is 0 Å². The van der Waals surface area contributed by atoms with Crippen LogP contribution in [0.2, 0.25) is 0 Å². The van der Waals surface area contributed by atoms with Gasteiger partial charge in [0.2, 0.25) is 5.89 Å². The summed E-state index contributed by atoms with van der Waals surface area (Å²) in [6.45, 7) is 0. The third-order valence-corrected chi connectivity index (χ3v) is 6.74. The molecule has 4 rings (SSSR count). The zero-order valence-electron chi connectivity index (χ0n) is 14.1. The van der Waals surface area contributed by atoms with Gasteiger partial charge in [-0.25, -0.2) is 4.98 Å². The lowest BCUT2D eigenvalue weighted by atomic mass is 10.1. The van der Waals surface area contributed by atoms with Crippen LogP contribution in [0.15, 0.2) is 62.5 Å². The molecule has 2 aromatic carbocycles. The molecule has 0 N–H and O–H groups in total. The van der Waals surface area contributed by atoms with Gasteiger partial charge in [-0.05, 0) is 29.8 Å². The molecule has 0 aliphatic carbocycles. The van der Waals surface area contributed by atoms with Gasteiger partial charge in [0.05, 0.1) is 21.5 Å². The number of fused-ring (bicyclic) bond motifs is 1. The first-order valence-corrected chi connectivity index (χ1v) is 10.9. The quantitative estimate of drug-likeness (QED) is 0.330. The van der Waals surface area contributed by atoms with Crippen LogP contribution in [0.5, 0.6) is 0 Å². The van der Waals surface area contributed by atoms with E-state index in [1.54, 1.807) is 11.3 Å². The van der Waals surface area contributed by atoms with Gasteiger partial charge in [-0.15, -0.1) is 21.5 Å². The summed E-state index contributed by atoms with van der Waals surface area (Å²) in [4.78, 5) is 4.54. The van der Waals surface area contributed by atoms with Gasteiger partial charge >= 0.3 is 6.18 Å². The molecular formula is C18H12F3N3OS3. The molecule has 28 heavy (non-hydrogen) atoms. The van der Waals surface area contributed by atoms with Crippen LogP contribution in [-0.4, -0.2) is 15.2 Å². The monoisotopic (exact) mass is 439 g/mol. The fraction of sp³-hybridized carbons (Fsp3) is 0.167. The van der Waals surface area contributed by atoms with E-state index >= 15 is 0 Å². The fourth-order valence-corrected chi connectivity index (χ4v) is 4.97. The summed E-state index contributed by atoms with van der Waals surface area (Å²) in [7, 11) is 0. The molecule has 144 valence electrons. The minimum absolute atomic E-state index is 0.389. The van der Waals surface area contributed by atoms with Gasteiger partial charge in [-0.3, -0.25) is 0 Å². The highest BCUT2D eigenvalue weighted by molar-refractivity contribution is 8.00. The second-order valence-corrected chi connectivity index (χ2v) is 8.86. The smallest absolute Gasteiger partial charge is 0.415 e. The van der Waals surface area contributed by atoms with E-state index in [0.29, 0.717) is 22.6 Å². The van der Waals surface area contributed by atoms with Gasteiger partial charge in [0.15, 0.2) is 4.34 Å². The number of benzene rings is 2. The van der Waals surface area contributed by atoms with Gasteiger partial charge in [0.25, 0.3) is 5.22 Å². The summed E-state index contributed by atoms with van der Waals surface area (Å²) >= 11 is 4.43. The van der Waals surface area contributed by atoms with Crippen LogP contribution >= 0.6 is 34.9 Å².